The lowest BCUT2D eigenvalue weighted by atomic mass is 10.1. The van der Waals surface area contributed by atoms with Gasteiger partial charge in [-0.1, -0.05) is 12.1 Å². The molecule has 0 aliphatic carbocycles. The molecular formula is C24H30N2O5. The first kappa shape index (κ1) is 22.5. The second-order valence-electron chi connectivity index (χ2n) is 7.21. The Morgan fingerprint density at radius 1 is 0.677 bits per heavy atom. The Hall–Kier alpha value is -3.22. The zero-order valence-corrected chi connectivity index (χ0v) is 18.2. The number of hydrogen-bond acceptors (Lipinski definition) is 5. The third-order valence-corrected chi connectivity index (χ3v) is 5.07. The normalized spacial score (nSPS) is 13.6. The Morgan fingerprint density at radius 2 is 1.10 bits per heavy atom. The van der Waals surface area contributed by atoms with Gasteiger partial charge in [0, 0.05) is 26.2 Å². The molecule has 2 aromatic rings. The van der Waals surface area contributed by atoms with E-state index in [9.17, 15) is 9.59 Å². The number of ether oxygens (including phenoxy) is 3. The molecule has 1 aliphatic rings. The number of nitrogens with zero attached hydrogens (tertiary/aromatic N) is 2. The largest absolute Gasteiger partial charge is 0.494 e. The molecule has 1 heterocycles. The summed E-state index contributed by atoms with van der Waals surface area (Å²) in [5.74, 6) is 2.20. The third kappa shape index (κ3) is 6.64. The fourth-order valence-electron chi connectivity index (χ4n) is 3.40. The maximum absolute atomic E-state index is 12.6. The molecule has 0 unspecified atom stereocenters. The van der Waals surface area contributed by atoms with E-state index in [1.807, 2.05) is 55.1 Å². The van der Waals surface area contributed by atoms with Crippen LogP contribution in [0.15, 0.2) is 48.5 Å². The van der Waals surface area contributed by atoms with Crippen molar-refractivity contribution < 1.29 is 23.8 Å². The van der Waals surface area contributed by atoms with E-state index in [-0.39, 0.29) is 18.4 Å². The highest BCUT2D eigenvalue weighted by atomic mass is 16.5. The number of rotatable bonds is 9. The Kier molecular flexibility index (Phi) is 8.15. The van der Waals surface area contributed by atoms with Crippen LogP contribution in [0.2, 0.25) is 0 Å². The van der Waals surface area contributed by atoms with Gasteiger partial charge in [-0.2, -0.15) is 0 Å². The number of carbonyl (C=O) groups excluding carboxylic acids is 2. The van der Waals surface area contributed by atoms with Crippen molar-refractivity contribution in [1.82, 2.24) is 9.80 Å². The zero-order valence-electron chi connectivity index (χ0n) is 18.2. The van der Waals surface area contributed by atoms with Gasteiger partial charge in [-0.05, 0) is 55.8 Å². The van der Waals surface area contributed by atoms with Gasteiger partial charge in [-0.15, -0.1) is 0 Å². The molecular weight excluding hydrogens is 396 g/mol. The van der Waals surface area contributed by atoms with Crippen molar-refractivity contribution >= 4 is 11.8 Å². The summed E-state index contributed by atoms with van der Waals surface area (Å²) in [6.07, 6.45) is 0.348. The van der Waals surface area contributed by atoms with Crippen LogP contribution in [-0.4, -0.2) is 67.6 Å². The Morgan fingerprint density at radius 3 is 1.58 bits per heavy atom. The standard InChI is InChI=1S/C24H30N2O5/c1-3-29-20-7-5-19(6-8-20)17-23(27)25-13-15-26(16-14-25)24(28)18-31-22-11-9-21(10-12-22)30-4-2/h5-12H,3-4,13-18H2,1-2H3. The summed E-state index contributed by atoms with van der Waals surface area (Å²) in [4.78, 5) is 28.6. The average Bonchev–Trinajstić information content (AvgIpc) is 2.80. The quantitative estimate of drug-likeness (QED) is 0.617. The smallest absolute Gasteiger partial charge is 0.260 e. The summed E-state index contributed by atoms with van der Waals surface area (Å²) in [5, 5.41) is 0. The molecule has 31 heavy (non-hydrogen) atoms. The summed E-state index contributed by atoms with van der Waals surface area (Å²) in [6.45, 7) is 7.16. The second kappa shape index (κ2) is 11.2. The molecule has 2 amide bonds. The van der Waals surface area contributed by atoms with Crippen LogP contribution in [0, 0.1) is 0 Å². The Balaban J connectivity index is 1.40. The maximum Gasteiger partial charge on any atom is 0.260 e. The van der Waals surface area contributed by atoms with Gasteiger partial charge in [0.05, 0.1) is 19.6 Å². The summed E-state index contributed by atoms with van der Waals surface area (Å²) < 4.78 is 16.4. The topological polar surface area (TPSA) is 68.3 Å². The third-order valence-electron chi connectivity index (χ3n) is 5.07. The monoisotopic (exact) mass is 426 g/mol. The van der Waals surface area contributed by atoms with E-state index < -0.39 is 0 Å². The van der Waals surface area contributed by atoms with Crippen LogP contribution >= 0.6 is 0 Å². The summed E-state index contributed by atoms with van der Waals surface area (Å²) in [6, 6.07) is 14.8. The van der Waals surface area contributed by atoms with Crippen LogP contribution in [0.3, 0.4) is 0 Å². The highest BCUT2D eigenvalue weighted by Gasteiger charge is 2.24. The molecule has 0 saturated carbocycles. The first-order valence-corrected chi connectivity index (χ1v) is 10.7. The van der Waals surface area contributed by atoms with Crippen molar-refractivity contribution in [1.29, 1.82) is 0 Å². The first-order chi connectivity index (χ1) is 15.1. The van der Waals surface area contributed by atoms with Gasteiger partial charge in [-0.25, -0.2) is 0 Å². The van der Waals surface area contributed by atoms with E-state index in [1.54, 1.807) is 17.0 Å². The van der Waals surface area contributed by atoms with E-state index in [1.165, 1.54) is 0 Å². The lowest BCUT2D eigenvalue weighted by molar-refractivity contribution is -0.140. The van der Waals surface area contributed by atoms with E-state index >= 15 is 0 Å². The van der Waals surface area contributed by atoms with Crippen molar-refractivity contribution in [2.24, 2.45) is 0 Å². The molecule has 166 valence electrons. The molecule has 3 rings (SSSR count). The Bertz CT molecular complexity index is 843. The van der Waals surface area contributed by atoms with Crippen LogP contribution in [0.5, 0.6) is 17.2 Å². The SMILES string of the molecule is CCOc1ccc(CC(=O)N2CCN(C(=O)COc3ccc(OCC)cc3)CC2)cc1. The number of piperazine rings is 1. The molecule has 1 aliphatic heterocycles. The van der Waals surface area contributed by atoms with Crippen LogP contribution in [0.25, 0.3) is 0 Å². The van der Waals surface area contributed by atoms with Gasteiger partial charge in [-0.3, -0.25) is 9.59 Å². The van der Waals surface area contributed by atoms with Crippen LogP contribution in [-0.2, 0) is 16.0 Å². The minimum atomic E-state index is -0.0764. The highest BCUT2D eigenvalue weighted by molar-refractivity contribution is 5.80. The van der Waals surface area contributed by atoms with Crippen LogP contribution < -0.4 is 14.2 Å². The van der Waals surface area contributed by atoms with E-state index in [0.29, 0.717) is 51.6 Å². The minimum absolute atomic E-state index is 0.0197. The summed E-state index contributed by atoms with van der Waals surface area (Å²) in [7, 11) is 0. The average molecular weight is 427 g/mol. The summed E-state index contributed by atoms with van der Waals surface area (Å²) >= 11 is 0. The van der Waals surface area contributed by atoms with Gasteiger partial charge in [0.25, 0.3) is 5.91 Å². The molecule has 0 N–H and O–H groups in total. The molecule has 7 heteroatoms. The van der Waals surface area contributed by atoms with Gasteiger partial charge < -0.3 is 24.0 Å². The van der Waals surface area contributed by atoms with Gasteiger partial charge >= 0.3 is 0 Å². The molecule has 2 aromatic carbocycles. The second-order valence-corrected chi connectivity index (χ2v) is 7.21. The molecule has 7 nitrogen and oxygen atoms in total. The maximum atomic E-state index is 12.6. The highest BCUT2D eigenvalue weighted by Crippen LogP contribution is 2.18. The fraction of sp³-hybridized carbons (Fsp3) is 0.417. The number of hydrogen-bond donors (Lipinski definition) is 0. The van der Waals surface area contributed by atoms with Crippen molar-refractivity contribution in [3.8, 4) is 17.2 Å². The van der Waals surface area contributed by atoms with Crippen LogP contribution in [0.4, 0.5) is 0 Å². The van der Waals surface area contributed by atoms with Crippen molar-refractivity contribution in [2.45, 2.75) is 20.3 Å². The fourth-order valence-corrected chi connectivity index (χ4v) is 3.40. The predicted molar refractivity (Wildman–Crippen MR) is 118 cm³/mol. The van der Waals surface area contributed by atoms with Gasteiger partial charge in [0.1, 0.15) is 17.2 Å². The van der Waals surface area contributed by atoms with E-state index in [4.69, 9.17) is 14.2 Å². The van der Waals surface area contributed by atoms with Crippen molar-refractivity contribution in [3.63, 3.8) is 0 Å². The Labute approximate surface area is 183 Å². The molecule has 0 bridgehead atoms. The predicted octanol–water partition coefficient (Wildman–Crippen LogP) is 2.78. The van der Waals surface area contributed by atoms with E-state index in [2.05, 4.69) is 0 Å². The lowest BCUT2D eigenvalue weighted by Crippen LogP contribution is -2.52. The van der Waals surface area contributed by atoms with Gasteiger partial charge in [0.15, 0.2) is 6.61 Å². The molecule has 0 radical (unpaired) electrons. The molecule has 0 atom stereocenters. The molecule has 1 saturated heterocycles. The molecule has 0 spiro atoms. The van der Waals surface area contributed by atoms with E-state index in [0.717, 1.165) is 17.1 Å². The van der Waals surface area contributed by atoms with Crippen molar-refractivity contribution in [3.05, 3.63) is 54.1 Å². The van der Waals surface area contributed by atoms with Crippen LogP contribution in [0.1, 0.15) is 19.4 Å². The van der Waals surface area contributed by atoms with Gasteiger partial charge in [0.2, 0.25) is 5.91 Å². The number of benzene rings is 2. The number of carbonyl (C=O) groups is 2. The summed E-state index contributed by atoms with van der Waals surface area (Å²) in [5.41, 5.74) is 0.954. The lowest BCUT2D eigenvalue weighted by Gasteiger charge is -2.34. The number of amides is 2. The van der Waals surface area contributed by atoms with Crippen molar-refractivity contribution in [2.75, 3.05) is 46.0 Å². The zero-order chi connectivity index (χ0) is 22.1. The molecule has 1 fully saturated rings. The first-order valence-electron chi connectivity index (χ1n) is 10.7. The molecule has 0 aromatic heterocycles. The minimum Gasteiger partial charge on any atom is -0.494 e.